The normalized spacial score (nSPS) is 11.2. The van der Waals surface area contributed by atoms with Gasteiger partial charge in [0.2, 0.25) is 0 Å². The molecule has 0 bridgehead atoms. The van der Waals surface area contributed by atoms with Crippen LogP contribution in [0.4, 0.5) is 0 Å². The van der Waals surface area contributed by atoms with Crippen LogP contribution >= 0.6 is 0 Å². The van der Waals surface area contributed by atoms with E-state index in [1.54, 1.807) is 0 Å². The van der Waals surface area contributed by atoms with Gasteiger partial charge in [-0.1, -0.05) is 30.3 Å². The molecule has 0 aliphatic heterocycles. The molecule has 0 unspecified atom stereocenters. The Labute approximate surface area is 73.0 Å². The molecule has 0 heterocycles. The molecule has 0 spiro atoms. The second-order valence-corrected chi connectivity index (χ2v) is 3.53. The summed E-state index contributed by atoms with van der Waals surface area (Å²) in [6.07, 6.45) is 0.951. The van der Waals surface area contributed by atoms with Crippen molar-refractivity contribution in [3.05, 3.63) is 35.9 Å². The molecule has 64 valence electrons. The lowest BCUT2D eigenvalue weighted by molar-refractivity contribution is -0.818. The summed E-state index contributed by atoms with van der Waals surface area (Å²) in [5.74, 6) is 0. The van der Waals surface area contributed by atoms with Crippen LogP contribution < -0.4 is 0 Å². The molecule has 0 fully saturated rings. The number of hydrogen-bond acceptors (Lipinski definition) is 1. The molecule has 0 atom stereocenters. The lowest BCUT2D eigenvalue weighted by atomic mass is 10.2. The van der Waals surface area contributed by atoms with E-state index in [1.165, 1.54) is 5.56 Å². The van der Waals surface area contributed by atoms with Crippen molar-refractivity contribution in [1.29, 1.82) is 0 Å². The van der Waals surface area contributed by atoms with Crippen molar-refractivity contribution in [2.24, 2.45) is 0 Å². The highest BCUT2D eigenvalue weighted by Crippen LogP contribution is 2.05. The number of benzene rings is 1. The Balaban J connectivity index is 2.70. The molecular formula is C10H14NO+. The number of carbonyl (C=O) groups excluding carboxylic acids is 1. The van der Waals surface area contributed by atoms with E-state index in [0.29, 0.717) is 4.48 Å². The Hall–Kier alpha value is -1.15. The van der Waals surface area contributed by atoms with Gasteiger partial charge in [0.25, 0.3) is 0 Å². The Morgan fingerprint density at radius 1 is 1.25 bits per heavy atom. The monoisotopic (exact) mass is 164 g/mol. The largest absolute Gasteiger partial charge is 0.301 e. The van der Waals surface area contributed by atoms with Crippen molar-refractivity contribution in [3.63, 3.8) is 0 Å². The standard InChI is InChI=1S/C10H14NO/c1-11(2,9-12)8-10-6-4-3-5-7-10/h3-7,9H,8H2,1-2H3/q+1. The minimum absolute atomic E-state index is 0.379. The Morgan fingerprint density at radius 3 is 2.33 bits per heavy atom. The number of quaternary nitrogens is 1. The van der Waals surface area contributed by atoms with Crippen LogP contribution in [0.5, 0.6) is 0 Å². The van der Waals surface area contributed by atoms with Gasteiger partial charge in [-0.15, -0.1) is 0 Å². The molecule has 0 aliphatic carbocycles. The third kappa shape index (κ3) is 2.47. The van der Waals surface area contributed by atoms with E-state index in [0.717, 1.165) is 13.0 Å². The number of carbonyl (C=O) groups is 1. The summed E-state index contributed by atoms with van der Waals surface area (Å²) in [7, 11) is 3.78. The first-order chi connectivity index (χ1) is 5.64. The summed E-state index contributed by atoms with van der Waals surface area (Å²) >= 11 is 0. The zero-order chi connectivity index (χ0) is 9.03. The van der Waals surface area contributed by atoms with Crippen molar-refractivity contribution < 1.29 is 9.28 Å². The molecule has 0 saturated heterocycles. The average Bonchev–Trinajstić information content (AvgIpc) is 2.06. The first-order valence-electron chi connectivity index (χ1n) is 3.97. The van der Waals surface area contributed by atoms with Gasteiger partial charge < -0.3 is 0 Å². The fourth-order valence-electron chi connectivity index (χ4n) is 1.09. The summed E-state index contributed by atoms with van der Waals surface area (Å²) in [5.41, 5.74) is 1.19. The molecule has 2 heteroatoms. The number of rotatable bonds is 3. The smallest absolute Gasteiger partial charge is 0.264 e. The first-order valence-corrected chi connectivity index (χ1v) is 3.97. The van der Waals surface area contributed by atoms with Crippen molar-refractivity contribution in [2.45, 2.75) is 6.54 Å². The molecule has 0 N–H and O–H groups in total. The van der Waals surface area contributed by atoms with Gasteiger partial charge in [-0.25, -0.2) is 4.79 Å². The van der Waals surface area contributed by atoms with Gasteiger partial charge in [0.05, 0.1) is 14.1 Å². The van der Waals surface area contributed by atoms with E-state index in [2.05, 4.69) is 0 Å². The van der Waals surface area contributed by atoms with Gasteiger partial charge >= 0.3 is 6.41 Å². The molecule has 12 heavy (non-hydrogen) atoms. The highest BCUT2D eigenvalue weighted by atomic mass is 16.1. The van der Waals surface area contributed by atoms with E-state index in [9.17, 15) is 4.79 Å². The molecule has 1 aromatic carbocycles. The molecule has 1 aromatic rings. The molecule has 0 saturated carbocycles. The molecule has 1 rings (SSSR count). The SMILES string of the molecule is C[N+](C)(C=O)Cc1ccccc1. The van der Waals surface area contributed by atoms with Crippen molar-refractivity contribution in [3.8, 4) is 0 Å². The summed E-state index contributed by atoms with van der Waals surface area (Å²) in [5, 5.41) is 0. The van der Waals surface area contributed by atoms with Gasteiger partial charge in [0.1, 0.15) is 6.54 Å². The molecule has 0 aliphatic rings. The Kier molecular flexibility index (Phi) is 2.61. The quantitative estimate of drug-likeness (QED) is 0.488. The fourth-order valence-corrected chi connectivity index (χ4v) is 1.09. The zero-order valence-corrected chi connectivity index (χ0v) is 7.53. The van der Waals surface area contributed by atoms with Crippen LogP contribution in [0.1, 0.15) is 5.56 Å². The van der Waals surface area contributed by atoms with Crippen molar-refractivity contribution in [1.82, 2.24) is 0 Å². The van der Waals surface area contributed by atoms with Gasteiger partial charge in [0, 0.05) is 5.56 Å². The van der Waals surface area contributed by atoms with Gasteiger partial charge in [0.15, 0.2) is 0 Å². The first kappa shape index (κ1) is 8.94. The molecule has 0 aromatic heterocycles. The summed E-state index contributed by atoms with van der Waals surface area (Å²) in [6.45, 7) is 0.754. The highest BCUT2D eigenvalue weighted by Gasteiger charge is 2.13. The number of hydrogen-bond donors (Lipinski definition) is 0. The summed E-state index contributed by atoms with van der Waals surface area (Å²) < 4.78 is 0.379. The van der Waals surface area contributed by atoms with Gasteiger partial charge in [-0.3, -0.25) is 4.48 Å². The predicted molar refractivity (Wildman–Crippen MR) is 48.3 cm³/mol. The third-order valence-electron chi connectivity index (χ3n) is 1.72. The average molecular weight is 164 g/mol. The molecule has 1 amide bonds. The van der Waals surface area contributed by atoms with Crippen LogP contribution in [0.15, 0.2) is 30.3 Å². The van der Waals surface area contributed by atoms with Crippen molar-refractivity contribution in [2.75, 3.05) is 14.1 Å². The summed E-state index contributed by atoms with van der Waals surface area (Å²) in [6, 6.07) is 10.0. The summed E-state index contributed by atoms with van der Waals surface area (Å²) in [4.78, 5) is 10.6. The van der Waals surface area contributed by atoms with Crippen LogP contribution in [-0.2, 0) is 11.3 Å². The van der Waals surface area contributed by atoms with Crippen LogP contribution in [0.3, 0.4) is 0 Å². The van der Waals surface area contributed by atoms with Crippen molar-refractivity contribution >= 4 is 6.41 Å². The highest BCUT2D eigenvalue weighted by molar-refractivity contribution is 5.37. The lowest BCUT2D eigenvalue weighted by Crippen LogP contribution is -2.36. The third-order valence-corrected chi connectivity index (χ3v) is 1.72. The van der Waals surface area contributed by atoms with Crippen LogP contribution in [0, 0.1) is 0 Å². The topological polar surface area (TPSA) is 17.1 Å². The maximum atomic E-state index is 10.6. The van der Waals surface area contributed by atoms with E-state index in [1.807, 2.05) is 44.4 Å². The van der Waals surface area contributed by atoms with E-state index in [-0.39, 0.29) is 0 Å². The van der Waals surface area contributed by atoms with Gasteiger partial charge in [-0.2, -0.15) is 0 Å². The zero-order valence-electron chi connectivity index (χ0n) is 7.53. The number of nitrogens with zero attached hydrogens (tertiary/aromatic N) is 1. The van der Waals surface area contributed by atoms with Crippen LogP contribution in [-0.4, -0.2) is 25.0 Å². The second kappa shape index (κ2) is 3.50. The minimum atomic E-state index is 0.379. The Bertz CT molecular complexity index is 254. The number of amides is 1. The molecule has 0 radical (unpaired) electrons. The van der Waals surface area contributed by atoms with Gasteiger partial charge in [-0.05, 0) is 0 Å². The predicted octanol–water partition coefficient (Wildman–Crippen LogP) is 1.42. The maximum absolute atomic E-state index is 10.6. The fraction of sp³-hybridized carbons (Fsp3) is 0.300. The maximum Gasteiger partial charge on any atom is 0.301 e. The minimum Gasteiger partial charge on any atom is -0.264 e. The van der Waals surface area contributed by atoms with Crippen LogP contribution in [0.25, 0.3) is 0 Å². The molecule has 2 nitrogen and oxygen atoms in total. The molecular weight excluding hydrogens is 150 g/mol. The lowest BCUT2D eigenvalue weighted by Gasteiger charge is -2.20. The van der Waals surface area contributed by atoms with Crippen LogP contribution in [0.2, 0.25) is 0 Å². The van der Waals surface area contributed by atoms with E-state index >= 15 is 0 Å². The van der Waals surface area contributed by atoms with E-state index < -0.39 is 0 Å². The van der Waals surface area contributed by atoms with E-state index in [4.69, 9.17) is 0 Å². The second-order valence-electron chi connectivity index (χ2n) is 3.53. The Morgan fingerprint density at radius 2 is 1.83 bits per heavy atom.